The number of benzene rings is 1. The van der Waals surface area contributed by atoms with Crippen molar-refractivity contribution in [2.24, 2.45) is 5.92 Å². The van der Waals surface area contributed by atoms with Gasteiger partial charge < -0.3 is 4.90 Å². The molecule has 0 unspecified atom stereocenters. The first-order chi connectivity index (χ1) is 11.4. The summed E-state index contributed by atoms with van der Waals surface area (Å²) >= 11 is 5.69. The maximum absolute atomic E-state index is 12.9. The third kappa shape index (κ3) is 5.40. The third-order valence-electron chi connectivity index (χ3n) is 4.57. The van der Waals surface area contributed by atoms with Crippen molar-refractivity contribution in [2.45, 2.75) is 51.1 Å². The van der Waals surface area contributed by atoms with Crippen molar-refractivity contribution >= 4 is 23.2 Å². The second kappa shape index (κ2) is 8.75. The van der Waals surface area contributed by atoms with Crippen LogP contribution in [-0.2, 0) is 11.0 Å². The molecule has 2 nitrogen and oxygen atoms in total. The zero-order valence-electron chi connectivity index (χ0n) is 13.6. The summed E-state index contributed by atoms with van der Waals surface area (Å²) in [4.78, 5) is 13.6. The number of rotatable bonds is 4. The maximum atomic E-state index is 12.9. The van der Waals surface area contributed by atoms with Crippen molar-refractivity contribution in [3.63, 3.8) is 0 Å². The number of carbonyl (C=O) groups excluding carboxylic acids is 1. The molecular weight excluding hydrogens is 339 g/mol. The van der Waals surface area contributed by atoms with E-state index in [2.05, 4.69) is 0 Å². The van der Waals surface area contributed by atoms with E-state index in [9.17, 15) is 18.0 Å². The minimum atomic E-state index is -4.42. The van der Waals surface area contributed by atoms with Gasteiger partial charge in [-0.2, -0.15) is 13.2 Å². The monoisotopic (exact) mass is 361 g/mol. The summed E-state index contributed by atoms with van der Waals surface area (Å²) in [6.07, 6.45) is 3.41. The van der Waals surface area contributed by atoms with Gasteiger partial charge in [0.2, 0.25) is 5.91 Å². The molecule has 1 fully saturated rings. The van der Waals surface area contributed by atoms with Crippen molar-refractivity contribution < 1.29 is 18.0 Å². The van der Waals surface area contributed by atoms with E-state index in [1.54, 1.807) is 6.07 Å². The Hall–Kier alpha value is -1.23. The Kier molecular flexibility index (Phi) is 6.96. The molecule has 0 spiro atoms. The Bertz CT molecular complexity index is 539. The van der Waals surface area contributed by atoms with E-state index in [1.807, 2.05) is 0 Å². The van der Waals surface area contributed by atoms with Crippen LogP contribution >= 0.6 is 11.6 Å². The maximum Gasteiger partial charge on any atom is 0.416 e. The van der Waals surface area contributed by atoms with Crippen LogP contribution in [0, 0.1) is 5.92 Å². The summed E-state index contributed by atoms with van der Waals surface area (Å²) in [6.45, 7) is 0.437. The predicted molar refractivity (Wildman–Crippen MR) is 90.3 cm³/mol. The molecule has 1 aromatic rings. The molecule has 0 heterocycles. The SMILES string of the molecule is O=C(CCl)N(CC1CCCCCCC1)c1cccc(C(F)(F)F)c1. The number of anilines is 1. The van der Waals surface area contributed by atoms with Crippen molar-refractivity contribution in [1.82, 2.24) is 0 Å². The lowest BCUT2D eigenvalue weighted by atomic mass is 9.90. The van der Waals surface area contributed by atoms with Gasteiger partial charge in [-0.3, -0.25) is 4.79 Å². The van der Waals surface area contributed by atoms with E-state index in [1.165, 1.54) is 30.2 Å². The highest BCUT2D eigenvalue weighted by molar-refractivity contribution is 6.29. The molecule has 1 saturated carbocycles. The van der Waals surface area contributed by atoms with Gasteiger partial charge in [0.05, 0.1) is 5.56 Å². The molecule has 1 aliphatic carbocycles. The molecule has 0 aromatic heterocycles. The van der Waals surface area contributed by atoms with Crippen molar-refractivity contribution in [3.8, 4) is 0 Å². The number of carbonyl (C=O) groups is 1. The summed E-state index contributed by atoms with van der Waals surface area (Å²) in [7, 11) is 0. The number of alkyl halides is 4. The van der Waals surface area contributed by atoms with Gasteiger partial charge in [-0.05, 0) is 37.0 Å². The summed E-state index contributed by atoms with van der Waals surface area (Å²) in [5.41, 5.74) is -0.470. The molecule has 1 amide bonds. The van der Waals surface area contributed by atoms with Gasteiger partial charge in [0.25, 0.3) is 0 Å². The molecule has 24 heavy (non-hydrogen) atoms. The molecule has 0 radical (unpaired) electrons. The lowest BCUT2D eigenvalue weighted by Gasteiger charge is -2.29. The van der Waals surface area contributed by atoms with Gasteiger partial charge >= 0.3 is 6.18 Å². The van der Waals surface area contributed by atoms with E-state index in [0.717, 1.165) is 37.8 Å². The molecule has 2 rings (SSSR count). The van der Waals surface area contributed by atoms with Crippen LogP contribution in [0.1, 0.15) is 50.5 Å². The number of halogens is 4. The number of nitrogens with zero attached hydrogens (tertiary/aromatic N) is 1. The Balaban J connectivity index is 2.20. The molecule has 0 bridgehead atoms. The second-order valence-electron chi connectivity index (χ2n) is 6.40. The van der Waals surface area contributed by atoms with Crippen molar-refractivity contribution in [1.29, 1.82) is 0 Å². The standard InChI is InChI=1S/C18H23ClF3NO/c19-12-17(24)23(13-14-7-4-2-1-3-5-8-14)16-10-6-9-15(11-16)18(20,21)22/h6,9-11,14H,1-5,7-8,12-13H2. The number of hydrogen-bond acceptors (Lipinski definition) is 1. The van der Waals surface area contributed by atoms with Crippen LogP contribution in [-0.4, -0.2) is 18.3 Å². The number of hydrogen-bond donors (Lipinski definition) is 0. The van der Waals surface area contributed by atoms with E-state index < -0.39 is 11.7 Å². The van der Waals surface area contributed by atoms with E-state index in [0.29, 0.717) is 12.5 Å². The summed E-state index contributed by atoms with van der Waals surface area (Å²) < 4.78 is 38.8. The number of amides is 1. The molecule has 1 aromatic carbocycles. The molecular formula is C18H23ClF3NO. The van der Waals surface area contributed by atoms with Crippen molar-refractivity contribution in [3.05, 3.63) is 29.8 Å². The predicted octanol–water partition coefficient (Wildman–Crippen LogP) is 5.64. The minimum Gasteiger partial charge on any atom is -0.311 e. The molecule has 0 aliphatic heterocycles. The first-order valence-corrected chi connectivity index (χ1v) is 8.99. The molecule has 0 atom stereocenters. The average Bonchev–Trinajstić information content (AvgIpc) is 2.52. The van der Waals surface area contributed by atoms with Gasteiger partial charge in [0.15, 0.2) is 0 Å². The molecule has 0 N–H and O–H groups in total. The van der Waals surface area contributed by atoms with Crippen molar-refractivity contribution in [2.75, 3.05) is 17.3 Å². The largest absolute Gasteiger partial charge is 0.416 e. The van der Waals surface area contributed by atoms with Crippen LogP contribution in [0.2, 0.25) is 0 Å². The van der Waals surface area contributed by atoms with E-state index in [4.69, 9.17) is 11.6 Å². The van der Waals surface area contributed by atoms with Crippen LogP contribution in [0.5, 0.6) is 0 Å². The Labute approximate surface area is 146 Å². The average molecular weight is 362 g/mol. The molecule has 6 heteroatoms. The highest BCUT2D eigenvalue weighted by Crippen LogP contribution is 2.32. The van der Waals surface area contributed by atoms with Gasteiger partial charge in [0.1, 0.15) is 5.88 Å². The van der Waals surface area contributed by atoms with Gasteiger partial charge in [-0.15, -0.1) is 11.6 Å². The van der Waals surface area contributed by atoms with E-state index >= 15 is 0 Å². The highest BCUT2D eigenvalue weighted by atomic mass is 35.5. The summed E-state index contributed by atoms with van der Waals surface area (Å²) in [5.74, 6) is -0.270. The highest BCUT2D eigenvalue weighted by Gasteiger charge is 2.31. The Morgan fingerprint density at radius 2 is 1.75 bits per heavy atom. The zero-order chi connectivity index (χ0) is 17.6. The second-order valence-corrected chi connectivity index (χ2v) is 6.66. The van der Waals surface area contributed by atoms with Gasteiger partial charge in [-0.1, -0.05) is 38.2 Å². The van der Waals surface area contributed by atoms with E-state index in [-0.39, 0.29) is 17.5 Å². The summed E-state index contributed by atoms with van der Waals surface area (Å²) in [6, 6.07) is 4.93. The lowest BCUT2D eigenvalue weighted by molar-refractivity contribution is -0.137. The van der Waals surface area contributed by atoms with Gasteiger partial charge in [-0.25, -0.2) is 0 Å². The van der Waals surface area contributed by atoms with Gasteiger partial charge in [0, 0.05) is 12.2 Å². The fraction of sp³-hybridized carbons (Fsp3) is 0.611. The molecule has 0 saturated heterocycles. The smallest absolute Gasteiger partial charge is 0.311 e. The van der Waals surface area contributed by atoms with Crippen LogP contribution in [0.25, 0.3) is 0 Å². The minimum absolute atomic E-state index is 0.233. The fourth-order valence-corrected chi connectivity index (χ4v) is 3.40. The molecule has 134 valence electrons. The lowest BCUT2D eigenvalue weighted by Crippen LogP contribution is -2.36. The quantitative estimate of drug-likeness (QED) is 0.636. The van der Waals surface area contributed by atoms with Crippen LogP contribution < -0.4 is 4.90 Å². The Morgan fingerprint density at radius 3 is 2.33 bits per heavy atom. The first-order valence-electron chi connectivity index (χ1n) is 8.45. The first kappa shape index (κ1) is 19.1. The zero-order valence-corrected chi connectivity index (χ0v) is 14.4. The normalized spacial score (nSPS) is 17.2. The third-order valence-corrected chi connectivity index (χ3v) is 4.79. The summed E-state index contributed by atoms with van der Waals surface area (Å²) in [5, 5.41) is 0. The fourth-order valence-electron chi connectivity index (χ4n) is 3.25. The molecule has 1 aliphatic rings. The van der Waals surface area contributed by atoms with Crippen LogP contribution in [0.15, 0.2) is 24.3 Å². The van der Waals surface area contributed by atoms with Crippen LogP contribution in [0.4, 0.5) is 18.9 Å². The topological polar surface area (TPSA) is 20.3 Å². The Morgan fingerprint density at radius 1 is 1.12 bits per heavy atom. The van der Waals surface area contributed by atoms with Crippen LogP contribution in [0.3, 0.4) is 0 Å².